The lowest BCUT2D eigenvalue weighted by molar-refractivity contribution is 0.0984. The second-order valence-corrected chi connectivity index (χ2v) is 4.64. The van der Waals surface area contributed by atoms with Crippen molar-refractivity contribution in [2.75, 3.05) is 6.61 Å². The third-order valence-corrected chi connectivity index (χ3v) is 3.17. The number of nitrogens with zero attached hydrogens (tertiary/aromatic N) is 2. The van der Waals surface area contributed by atoms with Gasteiger partial charge in [-0.05, 0) is 45.0 Å². The number of ether oxygens (including phenoxy) is 1. The predicted octanol–water partition coefficient (Wildman–Crippen LogP) is 3.24. The molecule has 0 radical (unpaired) electrons. The highest BCUT2D eigenvalue weighted by molar-refractivity contribution is 5.92. The predicted molar refractivity (Wildman–Crippen MR) is 79.9 cm³/mol. The van der Waals surface area contributed by atoms with Crippen LogP contribution in [0.1, 0.15) is 37.0 Å². The molecule has 0 spiro atoms. The lowest BCUT2D eigenvalue weighted by Crippen LogP contribution is -2.15. The Bertz CT molecular complexity index is 693. The number of aromatic nitrogens is 1. The number of ketones is 1. The summed E-state index contributed by atoms with van der Waals surface area (Å²) in [7, 11) is 0. The molecular weight excluding hydrogens is 268 g/mol. The van der Waals surface area contributed by atoms with E-state index in [1.807, 2.05) is 49.6 Å². The lowest BCUT2D eigenvalue weighted by atomic mass is 10.3. The summed E-state index contributed by atoms with van der Waals surface area (Å²) in [6, 6.07) is 7.44. The highest BCUT2D eigenvalue weighted by Crippen LogP contribution is 2.18. The minimum Gasteiger partial charge on any atom is -0.494 e. The van der Waals surface area contributed by atoms with Crippen LogP contribution in [0.2, 0.25) is 0 Å². The Morgan fingerprint density at radius 2 is 1.95 bits per heavy atom. The van der Waals surface area contributed by atoms with Crippen molar-refractivity contribution in [2.24, 2.45) is 4.99 Å². The zero-order valence-corrected chi connectivity index (χ0v) is 12.8. The SMILES string of the molecule is CCOc1ccc(N=c2oc(C(C)=O)c(C)n2CC)cc1. The number of Topliss-reactive ketones (excluding diaryl/α,β-unsaturated/α-hetero) is 1. The Morgan fingerprint density at radius 1 is 1.29 bits per heavy atom. The van der Waals surface area contributed by atoms with E-state index in [-0.39, 0.29) is 5.78 Å². The molecule has 0 aliphatic rings. The summed E-state index contributed by atoms with van der Waals surface area (Å²) < 4.78 is 12.9. The van der Waals surface area contributed by atoms with Crippen LogP contribution in [0, 0.1) is 6.92 Å². The van der Waals surface area contributed by atoms with Gasteiger partial charge in [0.1, 0.15) is 5.75 Å². The Hall–Kier alpha value is -2.30. The van der Waals surface area contributed by atoms with Gasteiger partial charge in [-0.2, -0.15) is 4.99 Å². The van der Waals surface area contributed by atoms with E-state index in [1.54, 1.807) is 0 Å². The molecule has 0 aliphatic heterocycles. The monoisotopic (exact) mass is 288 g/mol. The third kappa shape index (κ3) is 3.24. The Balaban J connectivity index is 2.45. The van der Waals surface area contributed by atoms with Crippen molar-refractivity contribution in [1.29, 1.82) is 0 Å². The number of carbonyl (C=O) groups excluding carboxylic acids is 1. The number of hydrogen-bond acceptors (Lipinski definition) is 4. The molecule has 112 valence electrons. The lowest BCUT2D eigenvalue weighted by Gasteiger charge is -2.02. The summed E-state index contributed by atoms with van der Waals surface area (Å²) in [5.74, 6) is 1.07. The Labute approximate surface area is 123 Å². The molecule has 2 rings (SSSR count). The molecule has 0 N–H and O–H groups in total. The van der Waals surface area contributed by atoms with Crippen LogP contribution in [-0.4, -0.2) is 17.0 Å². The molecule has 1 heterocycles. The number of benzene rings is 1. The van der Waals surface area contributed by atoms with E-state index < -0.39 is 0 Å². The molecule has 0 fully saturated rings. The Morgan fingerprint density at radius 3 is 2.48 bits per heavy atom. The quantitative estimate of drug-likeness (QED) is 0.794. The smallest absolute Gasteiger partial charge is 0.302 e. The zero-order valence-electron chi connectivity index (χ0n) is 12.8. The Kier molecular flexibility index (Phi) is 4.62. The van der Waals surface area contributed by atoms with Crippen LogP contribution in [0.25, 0.3) is 0 Å². The average Bonchev–Trinajstić information content (AvgIpc) is 2.77. The van der Waals surface area contributed by atoms with Gasteiger partial charge in [0, 0.05) is 13.5 Å². The van der Waals surface area contributed by atoms with Crippen LogP contribution in [0.4, 0.5) is 5.69 Å². The fraction of sp³-hybridized carbons (Fsp3) is 0.375. The van der Waals surface area contributed by atoms with E-state index in [2.05, 4.69) is 4.99 Å². The van der Waals surface area contributed by atoms with Crippen molar-refractivity contribution in [3.63, 3.8) is 0 Å². The van der Waals surface area contributed by atoms with Crippen molar-refractivity contribution in [3.8, 4) is 5.75 Å². The molecule has 0 unspecified atom stereocenters. The standard InChI is InChI=1S/C16H20N2O3/c1-5-18-11(3)15(12(4)19)21-16(18)17-13-7-9-14(10-8-13)20-6-2/h7-10H,5-6H2,1-4H3. The van der Waals surface area contributed by atoms with Crippen LogP contribution in [0.3, 0.4) is 0 Å². The minimum absolute atomic E-state index is 0.0946. The van der Waals surface area contributed by atoms with Crippen LogP contribution in [-0.2, 0) is 6.54 Å². The first kappa shape index (κ1) is 15.1. The van der Waals surface area contributed by atoms with Crippen LogP contribution >= 0.6 is 0 Å². The molecule has 0 bridgehead atoms. The van der Waals surface area contributed by atoms with E-state index in [4.69, 9.17) is 9.15 Å². The first-order chi connectivity index (χ1) is 10.1. The summed E-state index contributed by atoms with van der Waals surface area (Å²) >= 11 is 0. The number of rotatable bonds is 5. The van der Waals surface area contributed by atoms with Crippen LogP contribution < -0.4 is 10.4 Å². The van der Waals surface area contributed by atoms with Crippen LogP contribution in [0.15, 0.2) is 33.7 Å². The van der Waals surface area contributed by atoms with Gasteiger partial charge in [0.05, 0.1) is 18.0 Å². The van der Waals surface area contributed by atoms with Gasteiger partial charge in [0.15, 0.2) is 11.5 Å². The van der Waals surface area contributed by atoms with Gasteiger partial charge in [0.2, 0.25) is 0 Å². The minimum atomic E-state index is -0.0946. The summed E-state index contributed by atoms with van der Waals surface area (Å²) in [5, 5.41) is 0. The van der Waals surface area contributed by atoms with E-state index in [0.717, 1.165) is 17.1 Å². The van der Waals surface area contributed by atoms with Crippen molar-refractivity contribution < 1.29 is 13.9 Å². The molecule has 1 aromatic heterocycles. The van der Waals surface area contributed by atoms with E-state index >= 15 is 0 Å². The summed E-state index contributed by atoms with van der Waals surface area (Å²) in [5.41, 5.74) is 1.99. The molecule has 0 amide bonds. The van der Waals surface area contributed by atoms with Crippen molar-refractivity contribution in [3.05, 3.63) is 41.4 Å². The summed E-state index contributed by atoms with van der Waals surface area (Å²) in [6.45, 7) is 8.61. The van der Waals surface area contributed by atoms with E-state index in [9.17, 15) is 4.79 Å². The maximum Gasteiger partial charge on any atom is 0.302 e. The second kappa shape index (κ2) is 6.43. The largest absolute Gasteiger partial charge is 0.494 e. The molecule has 5 heteroatoms. The number of oxazole rings is 1. The van der Waals surface area contributed by atoms with Crippen molar-refractivity contribution in [2.45, 2.75) is 34.2 Å². The maximum absolute atomic E-state index is 11.6. The normalized spacial score (nSPS) is 11.7. The molecular formula is C16H20N2O3. The van der Waals surface area contributed by atoms with E-state index in [1.165, 1.54) is 6.92 Å². The summed E-state index contributed by atoms with van der Waals surface area (Å²) in [6.07, 6.45) is 0. The zero-order chi connectivity index (χ0) is 15.4. The number of hydrogen-bond donors (Lipinski definition) is 0. The fourth-order valence-electron chi connectivity index (χ4n) is 2.16. The second-order valence-electron chi connectivity index (χ2n) is 4.64. The van der Waals surface area contributed by atoms with Gasteiger partial charge in [-0.15, -0.1) is 0 Å². The van der Waals surface area contributed by atoms with Gasteiger partial charge in [0.25, 0.3) is 0 Å². The van der Waals surface area contributed by atoms with E-state index in [0.29, 0.717) is 24.6 Å². The average molecular weight is 288 g/mol. The summed E-state index contributed by atoms with van der Waals surface area (Å²) in [4.78, 5) is 16.0. The van der Waals surface area contributed by atoms with Gasteiger partial charge in [-0.25, -0.2) is 0 Å². The molecule has 21 heavy (non-hydrogen) atoms. The van der Waals surface area contributed by atoms with Gasteiger partial charge >= 0.3 is 5.68 Å². The van der Waals surface area contributed by atoms with Crippen molar-refractivity contribution >= 4 is 11.5 Å². The molecule has 0 saturated heterocycles. The molecule has 5 nitrogen and oxygen atoms in total. The topological polar surface area (TPSA) is 56.7 Å². The van der Waals surface area contributed by atoms with Gasteiger partial charge < -0.3 is 9.15 Å². The maximum atomic E-state index is 11.6. The molecule has 0 atom stereocenters. The molecule has 0 aliphatic carbocycles. The molecule has 2 aromatic rings. The third-order valence-electron chi connectivity index (χ3n) is 3.17. The molecule has 0 saturated carbocycles. The van der Waals surface area contributed by atoms with Crippen LogP contribution in [0.5, 0.6) is 5.75 Å². The highest BCUT2D eigenvalue weighted by Gasteiger charge is 2.14. The highest BCUT2D eigenvalue weighted by atomic mass is 16.5. The number of carbonyl (C=O) groups is 1. The first-order valence-corrected chi connectivity index (χ1v) is 7.05. The fourth-order valence-corrected chi connectivity index (χ4v) is 2.16. The van der Waals surface area contributed by atoms with Crippen molar-refractivity contribution in [1.82, 2.24) is 4.57 Å². The van der Waals surface area contributed by atoms with Gasteiger partial charge in [-0.3, -0.25) is 9.36 Å². The molecule has 1 aromatic carbocycles. The van der Waals surface area contributed by atoms with Gasteiger partial charge in [-0.1, -0.05) is 0 Å². The first-order valence-electron chi connectivity index (χ1n) is 7.05.